The second-order valence-corrected chi connectivity index (χ2v) is 6.79. The van der Waals surface area contributed by atoms with Crippen molar-refractivity contribution in [1.82, 2.24) is 5.32 Å². The van der Waals surface area contributed by atoms with E-state index in [9.17, 15) is 0 Å². The molecule has 0 radical (unpaired) electrons. The van der Waals surface area contributed by atoms with Crippen LogP contribution in [0, 0.1) is 0 Å². The maximum atomic E-state index is 6.47. The molecule has 0 amide bonds. The molecule has 2 heterocycles. The van der Waals surface area contributed by atoms with Gasteiger partial charge in [-0.1, -0.05) is 53.5 Å². The highest BCUT2D eigenvalue weighted by Gasteiger charge is 2.32. The molecule has 4 rings (SSSR count). The Kier molecular flexibility index (Phi) is 3.77. The molecular weight excluding hydrogens is 315 g/mol. The number of hydrogen-bond donors (Lipinski definition) is 1. The van der Waals surface area contributed by atoms with E-state index in [0.29, 0.717) is 16.1 Å². The number of anilines is 1. The minimum Gasteiger partial charge on any atom is -0.366 e. The molecule has 0 bridgehead atoms. The van der Waals surface area contributed by atoms with Crippen LogP contribution in [0.2, 0.25) is 10.0 Å². The van der Waals surface area contributed by atoms with E-state index in [4.69, 9.17) is 23.2 Å². The highest BCUT2D eigenvalue weighted by atomic mass is 35.5. The normalized spacial score (nSPS) is 20.5. The van der Waals surface area contributed by atoms with Crippen molar-refractivity contribution in [3.63, 3.8) is 0 Å². The maximum Gasteiger partial charge on any atom is 0.0671 e. The minimum absolute atomic E-state index is 0.601. The van der Waals surface area contributed by atoms with E-state index in [0.717, 1.165) is 31.6 Å². The number of nitrogens with zero attached hydrogens (tertiary/aromatic N) is 1. The Hall–Kier alpha value is -1.22. The van der Waals surface area contributed by atoms with Gasteiger partial charge in [-0.15, -0.1) is 0 Å². The number of nitrogens with one attached hydrogen (secondary N) is 1. The molecule has 1 unspecified atom stereocenters. The van der Waals surface area contributed by atoms with Crippen LogP contribution in [-0.4, -0.2) is 25.7 Å². The third-order valence-electron chi connectivity index (χ3n) is 4.73. The first-order valence-corrected chi connectivity index (χ1v) is 8.55. The van der Waals surface area contributed by atoms with Crippen LogP contribution in [0.15, 0.2) is 36.4 Å². The Labute approximate surface area is 141 Å². The zero-order chi connectivity index (χ0) is 15.1. The van der Waals surface area contributed by atoms with E-state index in [-0.39, 0.29) is 0 Å². The Morgan fingerprint density at radius 3 is 2.73 bits per heavy atom. The van der Waals surface area contributed by atoms with Crippen LogP contribution in [0.5, 0.6) is 0 Å². The van der Waals surface area contributed by atoms with Gasteiger partial charge in [0.25, 0.3) is 0 Å². The van der Waals surface area contributed by atoms with E-state index in [1.54, 1.807) is 0 Å². The molecule has 1 N–H and O–H groups in total. The number of halogens is 2. The molecule has 0 saturated carbocycles. The Morgan fingerprint density at radius 2 is 1.82 bits per heavy atom. The summed E-state index contributed by atoms with van der Waals surface area (Å²) < 4.78 is 0. The van der Waals surface area contributed by atoms with Crippen molar-refractivity contribution in [2.24, 2.45) is 0 Å². The summed E-state index contributed by atoms with van der Waals surface area (Å²) in [5.74, 6) is 0. The van der Waals surface area contributed by atoms with E-state index >= 15 is 0 Å². The smallest absolute Gasteiger partial charge is 0.0671 e. The van der Waals surface area contributed by atoms with Gasteiger partial charge in [-0.05, 0) is 31.0 Å². The van der Waals surface area contributed by atoms with Gasteiger partial charge in [0.1, 0.15) is 0 Å². The van der Waals surface area contributed by atoms with Crippen molar-refractivity contribution in [2.45, 2.75) is 18.9 Å². The lowest BCUT2D eigenvalue weighted by molar-refractivity contribution is 0.612. The van der Waals surface area contributed by atoms with Gasteiger partial charge in [-0.3, -0.25) is 0 Å². The van der Waals surface area contributed by atoms with Gasteiger partial charge in [-0.25, -0.2) is 0 Å². The second-order valence-electron chi connectivity index (χ2n) is 6.00. The summed E-state index contributed by atoms with van der Waals surface area (Å²) in [6.07, 6.45) is 2.32. The molecule has 22 heavy (non-hydrogen) atoms. The molecule has 0 spiro atoms. The summed E-state index contributed by atoms with van der Waals surface area (Å²) in [6.45, 7) is 3.18. The topological polar surface area (TPSA) is 15.3 Å². The maximum absolute atomic E-state index is 6.47. The summed E-state index contributed by atoms with van der Waals surface area (Å²) >= 11 is 12.7. The molecule has 2 nitrogen and oxygen atoms in total. The SMILES string of the molecule is Clc1cccc(-c2cccc3c2N2CCNCCC2C3)c1Cl. The van der Waals surface area contributed by atoms with Crippen LogP contribution in [0.3, 0.4) is 0 Å². The van der Waals surface area contributed by atoms with Gasteiger partial charge in [0.15, 0.2) is 0 Å². The van der Waals surface area contributed by atoms with Crippen LogP contribution in [0.4, 0.5) is 5.69 Å². The number of rotatable bonds is 1. The van der Waals surface area contributed by atoms with E-state index < -0.39 is 0 Å². The second kappa shape index (κ2) is 5.77. The third-order valence-corrected chi connectivity index (χ3v) is 5.55. The van der Waals surface area contributed by atoms with Gasteiger partial charge in [0, 0.05) is 35.9 Å². The lowest BCUT2D eigenvalue weighted by Crippen LogP contribution is -2.33. The molecule has 2 aliphatic heterocycles. The predicted octanol–water partition coefficient (Wildman–Crippen LogP) is 4.38. The first-order valence-electron chi connectivity index (χ1n) is 7.79. The van der Waals surface area contributed by atoms with Crippen LogP contribution in [-0.2, 0) is 6.42 Å². The van der Waals surface area contributed by atoms with Crippen LogP contribution < -0.4 is 10.2 Å². The average Bonchev–Trinajstić information content (AvgIpc) is 2.72. The van der Waals surface area contributed by atoms with Crippen molar-refractivity contribution >= 4 is 28.9 Å². The van der Waals surface area contributed by atoms with Crippen LogP contribution in [0.1, 0.15) is 12.0 Å². The van der Waals surface area contributed by atoms with E-state index in [1.165, 1.54) is 23.2 Å². The summed E-state index contributed by atoms with van der Waals surface area (Å²) in [7, 11) is 0. The summed E-state index contributed by atoms with van der Waals surface area (Å²) in [4.78, 5) is 2.56. The van der Waals surface area contributed by atoms with Crippen molar-refractivity contribution in [3.05, 3.63) is 52.0 Å². The fourth-order valence-electron chi connectivity index (χ4n) is 3.72. The largest absolute Gasteiger partial charge is 0.366 e. The van der Waals surface area contributed by atoms with Crippen molar-refractivity contribution in [1.29, 1.82) is 0 Å². The standard InChI is InChI=1S/C18H18Cl2N2/c19-16-6-2-4-14(17(16)20)15-5-1-3-12-11-13-7-8-21-9-10-22(13)18(12)15/h1-6,13,21H,7-11H2. The summed E-state index contributed by atoms with van der Waals surface area (Å²) in [6, 6.07) is 13.0. The lowest BCUT2D eigenvalue weighted by Gasteiger charge is -2.27. The molecule has 4 heteroatoms. The molecule has 1 atom stereocenters. The van der Waals surface area contributed by atoms with Crippen LogP contribution in [0.25, 0.3) is 11.1 Å². The van der Waals surface area contributed by atoms with Gasteiger partial charge in [-0.2, -0.15) is 0 Å². The van der Waals surface area contributed by atoms with Crippen molar-refractivity contribution in [3.8, 4) is 11.1 Å². The molecule has 2 aromatic rings. The predicted molar refractivity (Wildman–Crippen MR) is 94.2 cm³/mol. The third kappa shape index (κ3) is 2.30. The van der Waals surface area contributed by atoms with Gasteiger partial charge >= 0.3 is 0 Å². The number of benzene rings is 2. The van der Waals surface area contributed by atoms with Gasteiger partial charge in [0.2, 0.25) is 0 Å². The highest BCUT2D eigenvalue weighted by molar-refractivity contribution is 6.43. The zero-order valence-electron chi connectivity index (χ0n) is 12.3. The molecule has 0 aromatic heterocycles. The highest BCUT2D eigenvalue weighted by Crippen LogP contribution is 2.44. The fraction of sp³-hybridized carbons (Fsp3) is 0.333. The van der Waals surface area contributed by atoms with Crippen LogP contribution >= 0.6 is 23.2 Å². The molecule has 1 saturated heterocycles. The molecule has 114 valence electrons. The number of hydrogen-bond acceptors (Lipinski definition) is 2. The quantitative estimate of drug-likeness (QED) is 0.833. The minimum atomic E-state index is 0.601. The Balaban J connectivity index is 1.87. The van der Waals surface area contributed by atoms with E-state index in [2.05, 4.69) is 34.5 Å². The van der Waals surface area contributed by atoms with Crippen molar-refractivity contribution in [2.75, 3.05) is 24.5 Å². The fourth-order valence-corrected chi connectivity index (χ4v) is 4.12. The van der Waals surface area contributed by atoms with Gasteiger partial charge in [0.05, 0.1) is 10.0 Å². The average molecular weight is 333 g/mol. The monoisotopic (exact) mass is 332 g/mol. The van der Waals surface area contributed by atoms with E-state index in [1.807, 2.05) is 12.1 Å². The first kappa shape index (κ1) is 14.4. The molecule has 0 aliphatic carbocycles. The lowest BCUT2D eigenvalue weighted by atomic mass is 9.99. The molecule has 1 fully saturated rings. The Morgan fingerprint density at radius 1 is 1.00 bits per heavy atom. The summed E-state index contributed by atoms with van der Waals surface area (Å²) in [5.41, 5.74) is 5.01. The summed E-state index contributed by atoms with van der Waals surface area (Å²) in [5, 5.41) is 4.76. The first-order chi connectivity index (χ1) is 10.8. The molecule has 2 aromatic carbocycles. The Bertz CT molecular complexity index is 714. The van der Waals surface area contributed by atoms with Crippen molar-refractivity contribution < 1.29 is 0 Å². The van der Waals surface area contributed by atoms with Gasteiger partial charge < -0.3 is 10.2 Å². The number of para-hydroxylation sites is 1. The zero-order valence-corrected chi connectivity index (χ0v) is 13.8. The number of fused-ring (bicyclic) bond motifs is 3. The molecule has 2 aliphatic rings. The molecular formula is C18H18Cl2N2.